The molecular formula is C28H28O14-2. The van der Waals surface area contributed by atoms with E-state index in [2.05, 4.69) is 4.74 Å². The van der Waals surface area contributed by atoms with Gasteiger partial charge in [0, 0.05) is 32.1 Å². The third-order valence-corrected chi connectivity index (χ3v) is 7.03. The third kappa shape index (κ3) is 6.26. The summed E-state index contributed by atoms with van der Waals surface area (Å²) in [5.74, 6) is -10.7. The lowest BCUT2D eigenvalue weighted by Gasteiger charge is -2.50. The molecular weight excluding hydrogens is 560 g/mol. The average Bonchev–Trinajstić information content (AvgIpc) is 2.91. The fourth-order valence-electron chi connectivity index (χ4n) is 4.46. The van der Waals surface area contributed by atoms with Crippen molar-refractivity contribution in [2.24, 2.45) is 0 Å². The first kappa shape index (κ1) is 30.2. The number of methoxy groups -OCH3 is 1. The summed E-state index contributed by atoms with van der Waals surface area (Å²) in [5.41, 5.74) is -0.568. The molecule has 4 rings (SSSR count). The molecule has 3 heterocycles. The quantitative estimate of drug-likeness (QED) is 0.136. The predicted molar refractivity (Wildman–Crippen MR) is 131 cm³/mol. The van der Waals surface area contributed by atoms with Crippen LogP contribution in [0.15, 0.2) is 58.5 Å². The van der Waals surface area contributed by atoms with Crippen LogP contribution in [0.2, 0.25) is 0 Å². The van der Waals surface area contributed by atoms with Gasteiger partial charge in [-0.2, -0.15) is 0 Å². The summed E-state index contributed by atoms with van der Waals surface area (Å²) in [6.45, 7) is 4.21. The molecule has 1 aliphatic carbocycles. The van der Waals surface area contributed by atoms with E-state index in [0.29, 0.717) is 5.57 Å². The highest BCUT2D eigenvalue weighted by Crippen LogP contribution is 2.45. The topological polar surface area (TPSA) is 196 Å². The number of carbonyl (C=O) groups is 5. The minimum atomic E-state index is -1.63. The largest absolute Gasteiger partial charge is 0.574 e. The normalized spacial score (nSPS) is 30.0. The zero-order chi connectivity index (χ0) is 30.9. The maximum Gasteiger partial charge on any atom is 0.348 e. The SMILES string of the molecule is COC(=O)CCC1(C)OC(=O)C(/C=C/C(C)=C/C=C2C(=O)OC3(CCC4(CC3)OC(=O)C(C)=C([O-])O4)OC2=O)=C([O-])O1. The number of carbonyl (C=O) groups excluding carboxylic acids is 5. The molecule has 42 heavy (non-hydrogen) atoms. The molecule has 0 aromatic heterocycles. The van der Waals surface area contributed by atoms with E-state index in [-0.39, 0.29) is 44.1 Å². The fourth-order valence-corrected chi connectivity index (χ4v) is 4.46. The minimum Gasteiger partial charge on any atom is -0.574 e. The van der Waals surface area contributed by atoms with Gasteiger partial charge in [-0.1, -0.05) is 17.7 Å². The summed E-state index contributed by atoms with van der Waals surface area (Å²) in [7, 11) is 1.20. The van der Waals surface area contributed by atoms with Crippen molar-refractivity contribution >= 4 is 29.8 Å². The fraction of sp³-hybridized carbons (Fsp3) is 0.464. The van der Waals surface area contributed by atoms with Gasteiger partial charge in [0.15, 0.2) is 11.6 Å². The molecule has 1 atom stereocenters. The van der Waals surface area contributed by atoms with E-state index in [1.807, 2.05) is 0 Å². The molecule has 14 nitrogen and oxygen atoms in total. The number of esters is 5. The van der Waals surface area contributed by atoms with Crippen LogP contribution in [0.3, 0.4) is 0 Å². The van der Waals surface area contributed by atoms with Crippen LogP contribution in [-0.4, -0.2) is 54.3 Å². The lowest BCUT2D eigenvalue weighted by molar-refractivity contribution is -0.407. The van der Waals surface area contributed by atoms with Crippen molar-refractivity contribution in [1.82, 2.24) is 0 Å². The highest BCUT2D eigenvalue weighted by molar-refractivity contribution is 6.15. The van der Waals surface area contributed by atoms with E-state index in [4.69, 9.17) is 28.4 Å². The maximum atomic E-state index is 12.7. The molecule has 0 aromatic carbocycles. The summed E-state index contributed by atoms with van der Waals surface area (Å²) in [6.07, 6.45) is 4.59. The second kappa shape index (κ2) is 11.3. The van der Waals surface area contributed by atoms with E-state index in [1.54, 1.807) is 6.92 Å². The van der Waals surface area contributed by atoms with Crippen LogP contribution in [0.4, 0.5) is 0 Å². The first-order valence-electron chi connectivity index (χ1n) is 12.9. The second-order valence-corrected chi connectivity index (χ2v) is 10.2. The van der Waals surface area contributed by atoms with Gasteiger partial charge in [0.25, 0.3) is 5.79 Å². The zero-order valence-electron chi connectivity index (χ0n) is 23.3. The van der Waals surface area contributed by atoms with Crippen molar-refractivity contribution in [2.75, 3.05) is 7.11 Å². The monoisotopic (exact) mass is 588 g/mol. The standard InChI is InChI=1S/C28H30O14/c1-15(5-7-17-22(32)37-26(3,38-23(17)33)10-9-19(29)36-4)6-8-18-24(34)41-28(42-25(18)35)13-11-27(12-14-28)39-20(30)16(2)21(31)40-27/h5-8,30,32H,9-14H2,1-4H3/p-2/b7-5+,15-6+,18-8?. The minimum absolute atomic E-state index is 0.0463. The van der Waals surface area contributed by atoms with Gasteiger partial charge in [-0.3, -0.25) is 4.79 Å². The van der Waals surface area contributed by atoms with Crippen molar-refractivity contribution in [3.05, 3.63) is 58.5 Å². The summed E-state index contributed by atoms with van der Waals surface area (Å²) in [5, 5.41) is 24.4. The van der Waals surface area contributed by atoms with Gasteiger partial charge in [-0.25, -0.2) is 19.2 Å². The van der Waals surface area contributed by atoms with Crippen molar-refractivity contribution in [2.45, 2.75) is 76.7 Å². The summed E-state index contributed by atoms with van der Waals surface area (Å²) >= 11 is 0. The van der Waals surface area contributed by atoms with Gasteiger partial charge >= 0.3 is 29.8 Å². The van der Waals surface area contributed by atoms with E-state index < -0.39 is 70.2 Å². The molecule has 0 N–H and O–H groups in total. The molecule has 1 saturated carbocycles. The molecule has 4 aliphatic rings. The lowest BCUT2D eigenvalue weighted by Crippen LogP contribution is -2.55. The second-order valence-electron chi connectivity index (χ2n) is 10.2. The number of hydrogen-bond acceptors (Lipinski definition) is 14. The third-order valence-electron chi connectivity index (χ3n) is 7.03. The Morgan fingerprint density at radius 1 is 0.857 bits per heavy atom. The summed E-state index contributed by atoms with van der Waals surface area (Å²) in [6, 6.07) is 0. The van der Waals surface area contributed by atoms with Crippen molar-refractivity contribution in [3.8, 4) is 0 Å². The van der Waals surface area contributed by atoms with Gasteiger partial charge < -0.3 is 43.4 Å². The van der Waals surface area contributed by atoms with E-state index in [1.165, 1.54) is 33.1 Å². The number of rotatable bonds is 6. The van der Waals surface area contributed by atoms with Gasteiger partial charge in [0.1, 0.15) is 5.57 Å². The number of allylic oxidation sites excluding steroid dienone is 4. The number of ether oxygens (including phenoxy) is 7. The Balaban J connectivity index is 1.38. The molecule has 0 bridgehead atoms. The first-order chi connectivity index (χ1) is 19.7. The van der Waals surface area contributed by atoms with Crippen molar-refractivity contribution < 1.29 is 67.3 Å². The Morgan fingerprint density at radius 2 is 1.43 bits per heavy atom. The molecule has 1 unspecified atom stereocenters. The summed E-state index contributed by atoms with van der Waals surface area (Å²) in [4.78, 5) is 61.1. The van der Waals surface area contributed by atoms with Gasteiger partial charge in [0.05, 0.1) is 36.6 Å². The molecule has 2 spiro atoms. The van der Waals surface area contributed by atoms with Crippen LogP contribution >= 0.6 is 0 Å². The van der Waals surface area contributed by atoms with Gasteiger partial charge in [0.2, 0.25) is 0 Å². The summed E-state index contributed by atoms with van der Waals surface area (Å²) < 4.78 is 36.4. The molecule has 0 amide bonds. The molecule has 14 heteroatoms. The van der Waals surface area contributed by atoms with Crippen LogP contribution in [0.25, 0.3) is 0 Å². The van der Waals surface area contributed by atoms with Crippen LogP contribution in [-0.2, 0) is 57.1 Å². The Bertz CT molecular complexity index is 1350. The predicted octanol–water partition coefficient (Wildman–Crippen LogP) is 0.462. The van der Waals surface area contributed by atoms with Crippen molar-refractivity contribution in [3.63, 3.8) is 0 Å². The van der Waals surface area contributed by atoms with Gasteiger partial charge in [-0.05, 0) is 32.9 Å². The van der Waals surface area contributed by atoms with E-state index in [0.717, 1.165) is 12.2 Å². The van der Waals surface area contributed by atoms with E-state index >= 15 is 0 Å². The molecule has 2 fully saturated rings. The highest BCUT2D eigenvalue weighted by atomic mass is 16.8. The van der Waals surface area contributed by atoms with Crippen LogP contribution in [0.5, 0.6) is 0 Å². The Kier molecular flexibility index (Phi) is 8.10. The average molecular weight is 589 g/mol. The molecule has 226 valence electrons. The van der Waals surface area contributed by atoms with E-state index in [9.17, 15) is 34.2 Å². The van der Waals surface area contributed by atoms with Gasteiger partial charge in [-0.15, -0.1) is 0 Å². The Labute approximate surface area is 239 Å². The van der Waals surface area contributed by atoms with Crippen LogP contribution in [0, 0.1) is 0 Å². The Morgan fingerprint density at radius 3 is 1.98 bits per heavy atom. The molecule has 1 saturated heterocycles. The first-order valence-corrected chi connectivity index (χ1v) is 12.9. The van der Waals surface area contributed by atoms with Crippen LogP contribution < -0.4 is 10.2 Å². The lowest BCUT2D eigenvalue weighted by atomic mass is 9.87. The molecule has 0 aromatic rings. The maximum absolute atomic E-state index is 12.7. The number of cyclic esters (lactones) is 1. The van der Waals surface area contributed by atoms with Crippen molar-refractivity contribution in [1.29, 1.82) is 0 Å². The molecule has 0 radical (unpaired) electrons. The van der Waals surface area contributed by atoms with Crippen LogP contribution in [0.1, 0.15) is 59.3 Å². The zero-order valence-corrected chi connectivity index (χ0v) is 23.3. The smallest absolute Gasteiger partial charge is 0.348 e. The highest BCUT2D eigenvalue weighted by Gasteiger charge is 2.53. The number of hydrogen-bond donors (Lipinski definition) is 0. The Hall–Kier alpha value is -4.75. The molecule has 3 aliphatic heterocycles.